The largest absolute Gasteiger partial charge is 0.489 e. The van der Waals surface area contributed by atoms with Gasteiger partial charge in [-0.3, -0.25) is 0 Å². The van der Waals surface area contributed by atoms with Gasteiger partial charge in [-0.15, -0.1) is 11.8 Å². The molecule has 2 heterocycles. The van der Waals surface area contributed by atoms with Crippen molar-refractivity contribution >= 4 is 17.7 Å². The Morgan fingerprint density at radius 2 is 2.39 bits per heavy atom. The fourth-order valence-corrected chi connectivity index (χ4v) is 2.78. The Balaban J connectivity index is 2.21. The summed E-state index contributed by atoms with van der Waals surface area (Å²) < 4.78 is 7.16. The smallest absolute Gasteiger partial charge is 0.336 e. The molecule has 0 unspecified atom stereocenters. The Bertz CT molecular complexity index is 598. The van der Waals surface area contributed by atoms with Gasteiger partial charge in [0.2, 0.25) is 0 Å². The average Bonchev–Trinajstić information content (AvgIpc) is 2.91. The molecule has 3 rings (SSSR count). The second-order valence-corrected chi connectivity index (χ2v) is 4.74. The van der Waals surface area contributed by atoms with Crippen molar-refractivity contribution in [3.63, 3.8) is 0 Å². The number of carboxylic acid groups (broad SMARTS) is 1. The van der Waals surface area contributed by atoms with Gasteiger partial charge >= 0.3 is 5.97 Å². The summed E-state index contributed by atoms with van der Waals surface area (Å²) in [4.78, 5) is 15.7. The fourth-order valence-electron chi connectivity index (χ4n) is 1.80. The molecule has 92 valence electrons. The standard InChI is InChI=1S/C11H9N3O3S/c15-11(16)7-1-2-8(14-6-12-5-13-14)9-10(7)18-4-3-17-9/h1-2,5-6H,3-4H2,(H,15,16). The molecule has 18 heavy (non-hydrogen) atoms. The van der Waals surface area contributed by atoms with Crippen molar-refractivity contribution in [3.8, 4) is 11.4 Å². The van der Waals surface area contributed by atoms with Crippen molar-refractivity contribution in [1.29, 1.82) is 0 Å². The lowest BCUT2D eigenvalue weighted by Crippen LogP contribution is -2.13. The van der Waals surface area contributed by atoms with E-state index in [0.29, 0.717) is 22.9 Å². The van der Waals surface area contributed by atoms with Crippen molar-refractivity contribution < 1.29 is 14.6 Å². The Hall–Kier alpha value is -2.02. The molecule has 7 heteroatoms. The minimum absolute atomic E-state index is 0.263. The predicted molar refractivity (Wildman–Crippen MR) is 64.5 cm³/mol. The van der Waals surface area contributed by atoms with Crippen LogP contribution in [0.2, 0.25) is 0 Å². The number of carboxylic acids is 1. The van der Waals surface area contributed by atoms with E-state index >= 15 is 0 Å². The van der Waals surface area contributed by atoms with Crippen LogP contribution in [0.1, 0.15) is 10.4 Å². The fraction of sp³-hybridized carbons (Fsp3) is 0.182. The first kappa shape index (κ1) is 11.1. The number of aromatic nitrogens is 3. The molecule has 0 atom stereocenters. The van der Waals surface area contributed by atoms with Gasteiger partial charge < -0.3 is 9.84 Å². The van der Waals surface area contributed by atoms with Crippen LogP contribution < -0.4 is 4.74 Å². The van der Waals surface area contributed by atoms with E-state index in [1.165, 1.54) is 18.1 Å². The Morgan fingerprint density at radius 3 is 3.11 bits per heavy atom. The molecule has 0 aliphatic carbocycles. The average molecular weight is 263 g/mol. The molecule has 1 aliphatic heterocycles. The molecule has 1 aromatic heterocycles. The Morgan fingerprint density at radius 1 is 1.50 bits per heavy atom. The molecule has 6 nitrogen and oxygen atoms in total. The Labute approximate surface area is 107 Å². The van der Waals surface area contributed by atoms with E-state index in [-0.39, 0.29) is 5.56 Å². The third kappa shape index (κ3) is 1.72. The van der Waals surface area contributed by atoms with E-state index in [4.69, 9.17) is 9.84 Å². The summed E-state index contributed by atoms with van der Waals surface area (Å²) in [7, 11) is 0. The molecule has 2 aromatic rings. The zero-order valence-electron chi connectivity index (χ0n) is 9.24. The third-order valence-electron chi connectivity index (χ3n) is 2.56. The van der Waals surface area contributed by atoms with Crippen molar-refractivity contribution in [1.82, 2.24) is 14.8 Å². The molecule has 0 saturated carbocycles. The quantitative estimate of drug-likeness (QED) is 0.883. The molecular formula is C11H9N3O3S. The minimum Gasteiger partial charge on any atom is -0.489 e. The van der Waals surface area contributed by atoms with Crippen LogP contribution in [-0.2, 0) is 0 Å². The first-order valence-corrected chi connectivity index (χ1v) is 6.27. The van der Waals surface area contributed by atoms with Crippen molar-refractivity contribution in [3.05, 3.63) is 30.4 Å². The lowest BCUT2D eigenvalue weighted by Gasteiger charge is -2.21. The number of fused-ring (bicyclic) bond motifs is 1. The SMILES string of the molecule is O=C(O)c1ccc(-n2cncn2)c2c1SCCO2. The lowest BCUT2D eigenvalue weighted by atomic mass is 10.2. The summed E-state index contributed by atoms with van der Waals surface area (Å²) in [5, 5.41) is 13.2. The van der Waals surface area contributed by atoms with Gasteiger partial charge in [0, 0.05) is 5.75 Å². The second-order valence-electron chi connectivity index (χ2n) is 3.63. The summed E-state index contributed by atoms with van der Waals surface area (Å²) in [6, 6.07) is 3.25. The molecule has 1 N–H and O–H groups in total. The van der Waals surface area contributed by atoms with Gasteiger partial charge in [0.15, 0.2) is 5.75 Å². The second kappa shape index (κ2) is 4.34. The highest BCUT2D eigenvalue weighted by Crippen LogP contribution is 2.40. The molecule has 0 fully saturated rings. The number of hydrogen-bond acceptors (Lipinski definition) is 5. The highest BCUT2D eigenvalue weighted by molar-refractivity contribution is 7.99. The van der Waals surface area contributed by atoms with Crippen LogP contribution in [0.25, 0.3) is 5.69 Å². The molecule has 1 aliphatic rings. The summed E-state index contributed by atoms with van der Waals surface area (Å²) in [5.74, 6) is 0.361. The van der Waals surface area contributed by atoms with E-state index in [9.17, 15) is 4.79 Å². The predicted octanol–water partition coefficient (Wildman–Crippen LogP) is 1.45. The maximum absolute atomic E-state index is 11.2. The van der Waals surface area contributed by atoms with Crippen LogP contribution in [-0.4, -0.2) is 38.2 Å². The van der Waals surface area contributed by atoms with Crippen LogP contribution in [0.5, 0.6) is 5.75 Å². The van der Waals surface area contributed by atoms with Gasteiger partial charge in [-0.1, -0.05) is 0 Å². The van der Waals surface area contributed by atoms with Gasteiger partial charge in [-0.2, -0.15) is 5.10 Å². The van der Waals surface area contributed by atoms with E-state index in [0.717, 1.165) is 5.75 Å². The maximum Gasteiger partial charge on any atom is 0.336 e. The number of rotatable bonds is 2. The van der Waals surface area contributed by atoms with Crippen molar-refractivity contribution in [2.24, 2.45) is 0 Å². The maximum atomic E-state index is 11.2. The summed E-state index contributed by atoms with van der Waals surface area (Å²) >= 11 is 1.49. The molecular weight excluding hydrogens is 254 g/mol. The van der Waals surface area contributed by atoms with Crippen LogP contribution >= 0.6 is 11.8 Å². The molecule has 0 saturated heterocycles. The van der Waals surface area contributed by atoms with Gasteiger partial charge in [-0.05, 0) is 12.1 Å². The van der Waals surface area contributed by atoms with Crippen molar-refractivity contribution in [2.45, 2.75) is 4.90 Å². The first-order valence-electron chi connectivity index (χ1n) is 5.28. The number of ether oxygens (including phenoxy) is 1. The topological polar surface area (TPSA) is 77.2 Å². The summed E-state index contributed by atoms with van der Waals surface area (Å²) in [6.45, 7) is 0.558. The summed E-state index contributed by atoms with van der Waals surface area (Å²) in [6.07, 6.45) is 2.98. The highest BCUT2D eigenvalue weighted by Gasteiger charge is 2.23. The van der Waals surface area contributed by atoms with Crippen LogP contribution in [0.15, 0.2) is 29.7 Å². The molecule has 0 spiro atoms. The van der Waals surface area contributed by atoms with E-state index in [1.54, 1.807) is 23.1 Å². The minimum atomic E-state index is -0.950. The number of carbonyl (C=O) groups is 1. The molecule has 0 amide bonds. The zero-order chi connectivity index (χ0) is 12.5. The van der Waals surface area contributed by atoms with Crippen LogP contribution in [0, 0.1) is 0 Å². The molecule has 0 bridgehead atoms. The molecule has 1 aromatic carbocycles. The number of benzene rings is 1. The van der Waals surface area contributed by atoms with E-state index in [2.05, 4.69) is 10.1 Å². The zero-order valence-corrected chi connectivity index (χ0v) is 10.1. The number of hydrogen-bond donors (Lipinski definition) is 1. The Kier molecular flexibility index (Phi) is 2.67. The monoisotopic (exact) mass is 263 g/mol. The van der Waals surface area contributed by atoms with Gasteiger partial charge in [0.25, 0.3) is 0 Å². The van der Waals surface area contributed by atoms with Gasteiger partial charge in [0.05, 0.1) is 17.1 Å². The highest BCUT2D eigenvalue weighted by atomic mass is 32.2. The number of thioether (sulfide) groups is 1. The van der Waals surface area contributed by atoms with Gasteiger partial charge in [0.1, 0.15) is 18.3 Å². The first-order chi connectivity index (χ1) is 8.77. The van der Waals surface area contributed by atoms with E-state index in [1.807, 2.05) is 0 Å². The normalized spacial score (nSPS) is 13.8. The van der Waals surface area contributed by atoms with E-state index < -0.39 is 5.97 Å². The van der Waals surface area contributed by atoms with Gasteiger partial charge in [-0.25, -0.2) is 14.5 Å². The number of nitrogens with zero attached hydrogens (tertiary/aromatic N) is 3. The number of aromatic carboxylic acids is 1. The lowest BCUT2D eigenvalue weighted by molar-refractivity contribution is 0.0692. The van der Waals surface area contributed by atoms with Crippen LogP contribution in [0.3, 0.4) is 0 Å². The molecule has 0 radical (unpaired) electrons. The third-order valence-corrected chi connectivity index (χ3v) is 3.63. The van der Waals surface area contributed by atoms with Crippen molar-refractivity contribution in [2.75, 3.05) is 12.4 Å². The summed E-state index contributed by atoms with van der Waals surface area (Å²) in [5.41, 5.74) is 0.971. The van der Waals surface area contributed by atoms with Crippen LogP contribution in [0.4, 0.5) is 0 Å².